The number of hydrogen-bond donors (Lipinski definition) is 2. The number of hydrogen-bond acceptors (Lipinski definition) is 3. The third-order valence-electron chi connectivity index (χ3n) is 3.33. The number of nitrogens with one attached hydrogen (secondary N) is 1. The fourth-order valence-corrected chi connectivity index (χ4v) is 2.16. The lowest BCUT2D eigenvalue weighted by Crippen LogP contribution is -2.29. The number of benzene rings is 2. The first kappa shape index (κ1) is 17.0. The van der Waals surface area contributed by atoms with Gasteiger partial charge in [0.1, 0.15) is 11.6 Å². The van der Waals surface area contributed by atoms with Gasteiger partial charge in [0.15, 0.2) is 0 Å². The molecule has 0 aliphatic heterocycles. The topological polar surface area (TPSA) is 58.6 Å². The van der Waals surface area contributed by atoms with Crippen molar-refractivity contribution in [3.05, 3.63) is 65.5 Å². The summed E-state index contributed by atoms with van der Waals surface area (Å²) in [6, 6.07) is 13.0. The predicted octanol–water partition coefficient (Wildman–Crippen LogP) is 2.62. The van der Waals surface area contributed by atoms with Gasteiger partial charge < -0.3 is 15.2 Å². The molecule has 0 spiro atoms. The largest absolute Gasteiger partial charge is 0.494 e. The van der Waals surface area contributed by atoms with Crippen molar-refractivity contribution in [2.45, 2.75) is 19.4 Å². The van der Waals surface area contributed by atoms with Crippen molar-refractivity contribution in [3.63, 3.8) is 0 Å². The molecule has 0 aliphatic rings. The van der Waals surface area contributed by atoms with Crippen LogP contribution in [0.1, 0.15) is 24.2 Å². The van der Waals surface area contributed by atoms with Gasteiger partial charge >= 0.3 is 0 Å². The number of amides is 1. The van der Waals surface area contributed by atoms with E-state index in [0.29, 0.717) is 12.2 Å². The summed E-state index contributed by atoms with van der Waals surface area (Å²) in [5.74, 6) is 0.144. The van der Waals surface area contributed by atoms with Gasteiger partial charge in [-0.25, -0.2) is 4.39 Å². The molecular formula is C18H20FNO3. The summed E-state index contributed by atoms with van der Waals surface area (Å²) in [5.41, 5.74) is 1.29. The van der Waals surface area contributed by atoms with Crippen LogP contribution in [0.3, 0.4) is 0 Å². The van der Waals surface area contributed by atoms with Crippen LogP contribution in [0.5, 0.6) is 5.75 Å². The van der Waals surface area contributed by atoms with Gasteiger partial charge in [0.05, 0.1) is 19.1 Å². The smallest absolute Gasteiger partial charge is 0.224 e. The first-order chi connectivity index (χ1) is 11.1. The van der Waals surface area contributed by atoms with Gasteiger partial charge in [-0.3, -0.25) is 4.79 Å². The van der Waals surface area contributed by atoms with Crippen LogP contribution in [-0.2, 0) is 11.2 Å². The molecule has 2 aromatic rings. The molecule has 0 aromatic heterocycles. The Morgan fingerprint density at radius 3 is 2.65 bits per heavy atom. The number of ether oxygens (including phenoxy) is 1. The third kappa shape index (κ3) is 5.38. The Morgan fingerprint density at radius 2 is 2.00 bits per heavy atom. The number of rotatable bonds is 7. The molecule has 23 heavy (non-hydrogen) atoms. The average Bonchev–Trinajstić information content (AvgIpc) is 2.55. The molecule has 0 heterocycles. The quantitative estimate of drug-likeness (QED) is 0.825. The van der Waals surface area contributed by atoms with E-state index >= 15 is 0 Å². The summed E-state index contributed by atoms with van der Waals surface area (Å²) < 4.78 is 18.4. The highest BCUT2D eigenvalue weighted by molar-refractivity contribution is 5.78. The fourth-order valence-electron chi connectivity index (χ4n) is 2.16. The lowest BCUT2D eigenvalue weighted by Gasteiger charge is -2.12. The molecule has 1 unspecified atom stereocenters. The van der Waals surface area contributed by atoms with E-state index in [9.17, 15) is 14.3 Å². The summed E-state index contributed by atoms with van der Waals surface area (Å²) in [6.07, 6.45) is -0.725. The maximum atomic E-state index is 13.1. The van der Waals surface area contributed by atoms with Gasteiger partial charge in [-0.2, -0.15) is 0 Å². The van der Waals surface area contributed by atoms with E-state index in [0.717, 1.165) is 11.3 Å². The highest BCUT2D eigenvalue weighted by Crippen LogP contribution is 2.14. The second kappa shape index (κ2) is 8.29. The van der Waals surface area contributed by atoms with Crippen LogP contribution >= 0.6 is 0 Å². The third-order valence-corrected chi connectivity index (χ3v) is 3.33. The first-order valence-electron chi connectivity index (χ1n) is 7.50. The predicted molar refractivity (Wildman–Crippen MR) is 85.7 cm³/mol. The lowest BCUT2D eigenvalue weighted by atomic mass is 10.1. The molecule has 0 fully saturated rings. The highest BCUT2D eigenvalue weighted by atomic mass is 19.1. The molecule has 0 bridgehead atoms. The van der Waals surface area contributed by atoms with Gasteiger partial charge in [-0.05, 0) is 42.3 Å². The van der Waals surface area contributed by atoms with Gasteiger partial charge in [-0.15, -0.1) is 0 Å². The molecule has 0 radical (unpaired) electrons. The van der Waals surface area contributed by atoms with Crippen LogP contribution in [0.4, 0.5) is 4.39 Å². The molecule has 1 atom stereocenters. The number of carbonyl (C=O) groups excluding carboxylic acids is 1. The lowest BCUT2D eigenvalue weighted by molar-refractivity contribution is -0.120. The van der Waals surface area contributed by atoms with Crippen molar-refractivity contribution in [2.75, 3.05) is 13.2 Å². The maximum absolute atomic E-state index is 13.1. The molecule has 0 aliphatic carbocycles. The van der Waals surface area contributed by atoms with E-state index in [1.807, 2.05) is 31.2 Å². The molecule has 4 nitrogen and oxygen atoms in total. The van der Waals surface area contributed by atoms with E-state index in [4.69, 9.17) is 4.74 Å². The molecule has 2 aromatic carbocycles. The van der Waals surface area contributed by atoms with Crippen molar-refractivity contribution in [2.24, 2.45) is 0 Å². The van der Waals surface area contributed by atoms with Crippen LogP contribution in [-0.4, -0.2) is 24.2 Å². The molecule has 0 saturated heterocycles. The summed E-state index contributed by atoms with van der Waals surface area (Å²) >= 11 is 0. The number of carbonyl (C=O) groups is 1. The Labute approximate surface area is 134 Å². The molecule has 2 N–H and O–H groups in total. The van der Waals surface area contributed by atoms with Crippen molar-refractivity contribution in [3.8, 4) is 5.75 Å². The summed E-state index contributed by atoms with van der Waals surface area (Å²) in [4.78, 5) is 11.9. The Kier molecular flexibility index (Phi) is 6.11. The van der Waals surface area contributed by atoms with Gasteiger partial charge in [0.2, 0.25) is 5.91 Å². The molecule has 1 amide bonds. The van der Waals surface area contributed by atoms with Crippen LogP contribution in [0.25, 0.3) is 0 Å². The Hall–Kier alpha value is -2.40. The van der Waals surface area contributed by atoms with Crippen LogP contribution in [0, 0.1) is 5.82 Å². The van der Waals surface area contributed by atoms with Crippen LogP contribution in [0.15, 0.2) is 48.5 Å². The number of aliphatic hydroxyl groups excluding tert-OH is 1. The molecule has 122 valence electrons. The van der Waals surface area contributed by atoms with E-state index in [1.165, 1.54) is 18.2 Å². The monoisotopic (exact) mass is 317 g/mol. The Bertz CT molecular complexity index is 643. The summed E-state index contributed by atoms with van der Waals surface area (Å²) in [7, 11) is 0. The van der Waals surface area contributed by atoms with Crippen LogP contribution < -0.4 is 10.1 Å². The van der Waals surface area contributed by atoms with E-state index < -0.39 is 11.9 Å². The molecule has 0 saturated carbocycles. The summed E-state index contributed by atoms with van der Waals surface area (Å²) in [6.45, 7) is 2.54. The van der Waals surface area contributed by atoms with Gasteiger partial charge in [0, 0.05) is 6.54 Å². The zero-order valence-electron chi connectivity index (χ0n) is 13.0. The van der Waals surface area contributed by atoms with E-state index in [-0.39, 0.29) is 18.9 Å². The summed E-state index contributed by atoms with van der Waals surface area (Å²) in [5, 5.41) is 12.6. The SMILES string of the molecule is CCOc1ccc(CC(=O)NCC(O)c2cccc(F)c2)cc1. The highest BCUT2D eigenvalue weighted by Gasteiger charge is 2.10. The molecule has 2 rings (SSSR count). The standard InChI is InChI=1S/C18H20FNO3/c1-2-23-16-8-6-13(7-9-16)10-18(22)20-12-17(21)14-4-3-5-15(19)11-14/h3-9,11,17,21H,2,10,12H2,1H3,(H,20,22). The first-order valence-corrected chi connectivity index (χ1v) is 7.50. The van der Waals surface area contributed by atoms with Gasteiger partial charge in [0.25, 0.3) is 0 Å². The van der Waals surface area contributed by atoms with E-state index in [1.54, 1.807) is 6.07 Å². The molecule has 5 heteroatoms. The normalized spacial score (nSPS) is 11.8. The Morgan fingerprint density at radius 1 is 1.26 bits per heavy atom. The number of aliphatic hydroxyl groups is 1. The fraction of sp³-hybridized carbons (Fsp3) is 0.278. The van der Waals surface area contributed by atoms with Crippen LogP contribution in [0.2, 0.25) is 0 Å². The van der Waals surface area contributed by atoms with Crippen molar-refractivity contribution in [1.82, 2.24) is 5.32 Å². The zero-order chi connectivity index (χ0) is 16.7. The minimum Gasteiger partial charge on any atom is -0.494 e. The van der Waals surface area contributed by atoms with Crippen molar-refractivity contribution in [1.29, 1.82) is 0 Å². The second-order valence-corrected chi connectivity index (χ2v) is 5.13. The molecular weight excluding hydrogens is 297 g/mol. The maximum Gasteiger partial charge on any atom is 0.224 e. The van der Waals surface area contributed by atoms with E-state index in [2.05, 4.69) is 5.32 Å². The minimum atomic E-state index is -0.935. The Balaban J connectivity index is 1.82. The van der Waals surface area contributed by atoms with Crippen molar-refractivity contribution >= 4 is 5.91 Å². The second-order valence-electron chi connectivity index (χ2n) is 5.13. The van der Waals surface area contributed by atoms with Crippen molar-refractivity contribution < 1.29 is 19.0 Å². The number of halogens is 1. The van der Waals surface area contributed by atoms with Gasteiger partial charge in [-0.1, -0.05) is 24.3 Å². The minimum absolute atomic E-state index is 0.0410. The zero-order valence-corrected chi connectivity index (χ0v) is 13.0. The average molecular weight is 317 g/mol.